The Kier molecular flexibility index (Phi) is 3.26. The molecule has 3 heteroatoms. The van der Waals surface area contributed by atoms with Crippen molar-refractivity contribution in [3.8, 4) is 0 Å². The van der Waals surface area contributed by atoms with Crippen LogP contribution in [0.15, 0.2) is 11.6 Å². The highest BCUT2D eigenvalue weighted by atomic mass is 16.7. The molecule has 0 saturated carbocycles. The van der Waals surface area contributed by atoms with Gasteiger partial charge in [0.05, 0.1) is 6.61 Å². The molecule has 0 aromatic rings. The van der Waals surface area contributed by atoms with Crippen LogP contribution in [0.25, 0.3) is 0 Å². The summed E-state index contributed by atoms with van der Waals surface area (Å²) in [5, 5.41) is 0. The molecule has 0 atom stereocenters. The van der Waals surface area contributed by atoms with Gasteiger partial charge in [-0.05, 0) is 18.1 Å². The van der Waals surface area contributed by atoms with Crippen molar-refractivity contribution in [3.05, 3.63) is 11.6 Å². The summed E-state index contributed by atoms with van der Waals surface area (Å²) in [5.74, 6) is 0.209. The van der Waals surface area contributed by atoms with Crippen molar-refractivity contribution in [2.24, 2.45) is 0 Å². The third kappa shape index (κ3) is 2.82. The van der Waals surface area contributed by atoms with Gasteiger partial charge in [-0.3, -0.25) is 4.79 Å². The lowest BCUT2D eigenvalue weighted by atomic mass is 10.2. The van der Waals surface area contributed by atoms with Crippen molar-refractivity contribution < 1.29 is 14.3 Å². The van der Waals surface area contributed by atoms with Crippen molar-refractivity contribution in [2.75, 3.05) is 20.5 Å². The van der Waals surface area contributed by atoms with E-state index in [0.717, 1.165) is 12.0 Å². The molecule has 0 bridgehead atoms. The number of carbonyl (C=O) groups is 1. The summed E-state index contributed by atoms with van der Waals surface area (Å²) in [6, 6.07) is 0. The molecule has 1 aliphatic carbocycles. The summed E-state index contributed by atoms with van der Waals surface area (Å²) in [4.78, 5) is 10.7. The minimum Gasteiger partial charge on any atom is -0.359 e. The molecule has 1 rings (SSSR count). The van der Waals surface area contributed by atoms with Gasteiger partial charge in [-0.25, -0.2) is 0 Å². The summed E-state index contributed by atoms with van der Waals surface area (Å²) < 4.78 is 9.77. The first-order valence-corrected chi connectivity index (χ1v) is 3.62. The van der Waals surface area contributed by atoms with Crippen LogP contribution >= 0.6 is 0 Å². The predicted octanol–water partition coefficient (Wildman–Crippen LogP) is 0.896. The molecular formula is C8H12O3. The van der Waals surface area contributed by atoms with Gasteiger partial charge in [0.25, 0.3) is 0 Å². The van der Waals surface area contributed by atoms with Crippen LogP contribution < -0.4 is 0 Å². The van der Waals surface area contributed by atoms with Crippen LogP contribution in [0.3, 0.4) is 0 Å². The molecule has 0 amide bonds. The fourth-order valence-corrected chi connectivity index (χ4v) is 1.03. The summed E-state index contributed by atoms with van der Waals surface area (Å²) in [7, 11) is 1.58. The highest BCUT2D eigenvalue weighted by Gasteiger charge is 2.10. The molecule has 0 N–H and O–H groups in total. The van der Waals surface area contributed by atoms with Crippen LogP contribution in [-0.4, -0.2) is 26.3 Å². The average molecular weight is 156 g/mol. The number of ketones is 1. The largest absolute Gasteiger partial charge is 0.359 e. The molecule has 11 heavy (non-hydrogen) atoms. The Morgan fingerprint density at radius 2 is 2.36 bits per heavy atom. The molecular weight excluding hydrogens is 144 g/mol. The Balaban J connectivity index is 2.17. The smallest absolute Gasteiger partial charge is 0.156 e. The minimum absolute atomic E-state index is 0.209. The Morgan fingerprint density at radius 3 is 2.91 bits per heavy atom. The number of ether oxygens (including phenoxy) is 2. The van der Waals surface area contributed by atoms with E-state index in [0.29, 0.717) is 19.8 Å². The molecule has 0 fully saturated rings. The zero-order valence-electron chi connectivity index (χ0n) is 6.63. The van der Waals surface area contributed by atoms with Crippen LogP contribution in [0.2, 0.25) is 0 Å². The molecule has 0 saturated heterocycles. The van der Waals surface area contributed by atoms with Gasteiger partial charge in [0.2, 0.25) is 0 Å². The SMILES string of the molecule is COCOCC1=CC(=O)CC1. The third-order valence-electron chi connectivity index (χ3n) is 1.55. The second-order valence-corrected chi connectivity index (χ2v) is 2.52. The first-order chi connectivity index (χ1) is 5.33. The summed E-state index contributed by atoms with van der Waals surface area (Å²) in [6.45, 7) is 0.825. The van der Waals surface area contributed by atoms with E-state index in [1.165, 1.54) is 0 Å². The Hall–Kier alpha value is -0.670. The van der Waals surface area contributed by atoms with Gasteiger partial charge in [-0.2, -0.15) is 0 Å². The summed E-state index contributed by atoms with van der Waals surface area (Å²) >= 11 is 0. The van der Waals surface area contributed by atoms with E-state index < -0.39 is 0 Å². The van der Waals surface area contributed by atoms with E-state index in [4.69, 9.17) is 9.47 Å². The number of hydrogen-bond acceptors (Lipinski definition) is 3. The lowest BCUT2D eigenvalue weighted by Gasteiger charge is -2.01. The normalized spacial score (nSPS) is 17.2. The fourth-order valence-electron chi connectivity index (χ4n) is 1.03. The highest BCUT2D eigenvalue weighted by molar-refractivity contribution is 5.92. The topological polar surface area (TPSA) is 35.5 Å². The number of allylic oxidation sites excluding steroid dienone is 1. The molecule has 0 aromatic heterocycles. The van der Waals surface area contributed by atoms with E-state index in [-0.39, 0.29) is 5.78 Å². The van der Waals surface area contributed by atoms with Gasteiger partial charge < -0.3 is 9.47 Å². The first-order valence-electron chi connectivity index (χ1n) is 3.62. The molecule has 0 aliphatic heterocycles. The lowest BCUT2D eigenvalue weighted by Crippen LogP contribution is -1.99. The average Bonchev–Trinajstić information content (AvgIpc) is 2.37. The van der Waals surface area contributed by atoms with Crippen LogP contribution in [0, 0.1) is 0 Å². The number of rotatable bonds is 4. The lowest BCUT2D eigenvalue weighted by molar-refractivity contribution is -0.114. The zero-order valence-corrected chi connectivity index (χ0v) is 6.63. The molecule has 0 heterocycles. The Bertz CT molecular complexity index is 172. The quantitative estimate of drug-likeness (QED) is 0.448. The van der Waals surface area contributed by atoms with Crippen molar-refractivity contribution in [1.82, 2.24) is 0 Å². The van der Waals surface area contributed by atoms with Crippen molar-refractivity contribution in [3.63, 3.8) is 0 Å². The molecule has 0 radical (unpaired) electrons. The number of hydrogen-bond donors (Lipinski definition) is 0. The highest BCUT2D eigenvalue weighted by Crippen LogP contribution is 2.14. The van der Waals surface area contributed by atoms with Crippen LogP contribution in [-0.2, 0) is 14.3 Å². The van der Waals surface area contributed by atoms with Crippen molar-refractivity contribution in [1.29, 1.82) is 0 Å². The van der Waals surface area contributed by atoms with E-state index in [2.05, 4.69) is 0 Å². The van der Waals surface area contributed by atoms with Gasteiger partial charge in [0, 0.05) is 13.5 Å². The molecule has 0 aromatic carbocycles. The second-order valence-electron chi connectivity index (χ2n) is 2.52. The van der Waals surface area contributed by atoms with Crippen molar-refractivity contribution >= 4 is 5.78 Å². The van der Waals surface area contributed by atoms with E-state index in [1.807, 2.05) is 0 Å². The number of methoxy groups -OCH3 is 1. The molecule has 0 spiro atoms. The van der Waals surface area contributed by atoms with Gasteiger partial charge in [-0.15, -0.1) is 0 Å². The maximum absolute atomic E-state index is 10.7. The zero-order chi connectivity index (χ0) is 8.10. The monoisotopic (exact) mass is 156 g/mol. The van der Waals surface area contributed by atoms with Gasteiger partial charge in [-0.1, -0.05) is 0 Å². The fraction of sp³-hybridized carbons (Fsp3) is 0.625. The molecule has 3 nitrogen and oxygen atoms in total. The maximum atomic E-state index is 10.7. The van der Waals surface area contributed by atoms with Gasteiger partial charge >= 0.3 is 0 Å². The molecule has 62 valence electrons. The first kappa shape index (κ1) is 8.43. The summed E-state index contributed by atoms with van der Waals surface area (Å²) in [6.07, 6.45) is 3.16. The number of carbonyl (C=O) groups excluding carboxylic acids is 1. The third-order valence-corrected chi connectivity index (χ3v) is 1.55. The molecule has 0 unspecified atom stereocenters. The maximum Gasteiger partial charge on any atom is 0.156 e. The molecule has 1 aliphatic rings. The van der Waals surface area contributed by atoms with E-state index >= 15 is 0 Å². The minimum atomic E-state index is 0.209. The van der Waals surface area contributed by atoms with E-state index in [1.54, 1.807) is 13.2 Å². The van der Waals surface area contributed by atoms with Crippen LogP contribution in [0.5, 0.6) is 0 Å². The predicted molar refractivity (Wildman–Crippen MR) is 40.2 cm³/mol. The van der Waals surface area contributed by atoms with Gasteiger partial charge in [0.15, 0.2) is 5.78 Å². The Morgan fingerprint density at radius 1 is 1.55 bits per heavy atom. The van der Waals surface area contributed by atoms with Crippen LogP contribution in [0.4, 0.5) is 0 Å². The standard InChI is InChI=1S/C8H12O3/c1-10-6-11-5-7-2-3-8(9)4-7/h4H,2-3,5-6H2,1H3. The second kappa shape index (κ2) is 4.26. The van der Waals surface area contributed by atoms with Crippen LogP contribution in [0.1, 0.15) is 12.8 Å². The summed E-state index contributed by atoms with van der Waals surface area (Å²) in [5.41, 5.74) is 1.08. The van der Waals surface area contributed by atoms with Gasteiger partial charge in [0.1, 0.15) is 6.79 Å². The van der Waals surface area contributed by atoms with Crippen molar-refractivity contribution in [2.45, 2.75) is 12.8 Å². The Labute approximate surface area is 66.0 Å². The van der Waals surface area contributed by atoms with E-state index in [9.17, 15) is 4.79 Å².